The number of aryl methyl sites for hydroxylation is 1. The second-order valence-electron chi connectivity index (χ2n) is 16.4. The average molecular weight is 807 g/mol. The van der Waals surface area contributed by atoms with Crippen LogP contribution in [0.1, 0.15) is 17.7 Å². The van der Waals surface area contributed by atoms with E-state index in [1.165, 1.54) is 43.7 Å². The van der Waals surface area contributed by atoms with Crippen molar-refractivity contribution in [3.63, 3.8) is 0 Å². The van der Waals surface area contributed by atoms with Crippen molar-refractivity contribution in [1.29, 1.82) is 0 Å². The zero-order valence-corrected chi connectivity index (χ0v) is 34.2. The highest BCUT2D eigenvalue weighted by Crippen LogP contribution is 2.38. The fraction of sp³-hybridized carbons (Fsp3) is 0.0351. The fourth-order valence-corrected chi connectivity index (χ4v) is 9.98. The summed E-state index contributed by atoms with van der Waals surface area (Å²) in [5.74, 6) is 1.83. The van der Waals surface area contributed by atoms with E-state index in [4.69, 9.17) is 15.0 Å². The third kappa shape index (κ3) is 5.62. The molecule has 0 N–H and O–H groups in total. The van der Waals surface area contributed by atoms with Crippen molar-refractivity contribution >= 4 is 60.6 Å². The van der Waals surface area contributed by atoms with Crippen molar-refractivity contribution in [3.8, 4) is 51.2 Å². The molecule has 1 aliphatic carbocycles. The Morgan fingerprint density at radius 1 is 0.333 bits per heavy atom. The average Bonchev–Trinajstić information content (AvgIpc) is 4.00. The molecule has 0 aliphatic heterocycles. The second kappa shape index (κ2) is 14.1. The van der Waals surface area contributed by atoms with Gasteiger partial charge in [0.25, 0.3) is 0 Å². The van der Waals surface area contributed by atoms with Crippen LogP contribution in [0.3, 0.4) is 0 Å². The Balaban J connectivity index is 1.01. The largest absolute Gasteiger partial charge is 0.310 e. The van der Waals surface area contributed by atoms with Crippen molar-refractivity contribution in [2.45, 2.75) is 12.8 Å². The first-order valence-electron chi connectivity index (χ1n) is 21.6. The van der Waals surface area contributed by atoms with Gasteiger partial charge in [0.2, 0.25) is 0 Å². The van der Waals surface area contributed by atoms with Gasteiger partial charge in [0.05, 0.1) is 27.6 Å². The normalized spacial score (nSPS) is 12.6. The summed E-state index contributed by atoms with van der Waals surface area (Å²) in [6.45, 7) is 0. The van der Waals surface area contributed by atoms with Gasteiger partial charge >= 0.3 is 0 Å². The van der Waals surface area contributed by atoms with Crippen LogP contribution in [0.2, 0.25) is 0 Å². The van der Waals surface area contributed by atoms with Gasteiger partial charge in [0.15, 0.2) is 17.5 Å². The van der Waals surface area contributed by atoms with Crippen LogP contribution in [0, 0.1) is 0 Å². The molecule has 296 valence electrons. The topological polar surface area (TPSA) is 53.5 Å². The van der Waals surface area contributed by atoms with Crippen molar-refractivity contribution in [3.05, 3.63) is 211 Å². The molecule has 0 amide bonds. The van der Waals surface area contributed by atoms with Crippen molar-refractivity contribution < 1.29 is 0 Å². The van der Waals surface area contributed by atoms with Crippen LogP contribution in [0.5, 0.6) is 0 Å². The lowest BCUT2D eigenvalue weighted by atomic mass is 10.0. The molecule has 0 saturated carbocycles. The maximum atomic E-state index is 5.31. The smallest absolute Gasteiger partial charge is 0.164 e. The number of allylic oxidation sites excluding steroid dienone is 1. The Kier molecular flexibility index (Phi) is 7.93. The molecule has 12 aromatic rings. The number of fused-ring (bicyclic) bond motifs is 9. The quantitative estimate of drug-likeness (QED) is 0.168. The Bertz CT molecular complexity index is 3540. The minimum Gasteiger partial charge on any atom is -0.310 e. The second-order valence-corrected chi connectivity index (χ2v) is 16.4. The van der Waals surface area contributed by atoms with E-state index in [-0.39, 0.29) is 0 Å². The monoisotopic (exact) mass is 806 g/mol. The van der Waals surface area contributed by atoms with E-state index in [1.54, 1.807) is 0 Å². The molecule has 8 aromatic carbocycles. The minimum atomic E-state index is 0.608. The van der Waals surface area contributed by atoms with Crippen molar-refractivity contribution in [2.75, 3.05) is 0 Å². The van der Waals surface area contributed by atoms with Crippen LogP contribution in [0.15, 0.2) is 200 Å². The summed E-state index contributed by atoms with van der Waals surface area (Å²) in [4.78, 5) is 15.9. The van der Waals surface area contributed by atoms with Gasteiger partial charge in [-0.25, -0.2) is 15.0 Å². The first-order valence-corrected chi connectivity index (χ1v) is 21.6. The summed E-state index contributed by atoms with van der Waals surface area (Å²) in [6, 6.07) is 69.0. The first-order chi connectivity index (χ1) is 31.2. The summed E-state index contributed by atoms with van der Waals surface area (Å²) in [6.07, 6.45) is 6.64. The highest BCUT2D eigenvalue weighted by molar-refractivity contribution is 6.10. The highest BCUT2D eigenvalue weighted by Gasteiger charge is 2.21. The van der Waals surface area contributed by atoms with Crippen molar-refractivity contribution in [1.82, 2.24) is 28.7 Å². The van der Waals surface area contributed by atoms with Gasteiger partial charge < -0.3 is 13.7 Å². The van der Waals surface area contributed by atoms with Crippen LogP contribution in [0.4, 0.5) is 0 Å². The molecule has 63 heavy (non-hydrogen) atoms. The first kappa shape index (κ1) is 35.4. The molecule has 13 rings (SSSR count). The molecule has 0 bridgehead atoms. The Morgan fingerprint density at radius 3 is 1.10 bits per heavy atom. The predicted octanol–water partition coefficient (Wildman–Crippen LogP) is 14.0. The number of rotatable bonds is 6. The summed E-state index contributed by atoms with van der Waals surface area (Å²) in [7, 11) is 0. The lowest BCUT2D eigenvalue weighted by Gasteiger charge is -2.14. The Hall–Kier alpha value is -8.35. The molecular formula is C57H38N6. The molecule has 0 radical (unpaired) electrons. The summed E-state index contributed by atoms with van der Waals surface area (Å²) in [5.41, 5.74) is 14.3. The molecule has 0 unspecified atom stereocenters. The van der Waals surface area contributed by atoms with Gasteiger partial charge in [-0.15, -0.1) is 0 Å². The van der Waals surface area contributed by atoms with E-state index in [1.807, 2.05) is 0 Å². The number of benzene rings is 8. The lowest BCUT2D eigenvalue weighted by Crippen LogP contribution is -2.03. The molecule has 4 heterocycles. The minimum absolute atomic E-state index is 0.608. The van der Waals surface area contributed by atoms with Crippen LogP contribution in [-0.2, 0) is 6.42 Å². The maximum absolute atomic E-state index is 5.31. The number of hydrogen-bond acceptors (Lipinski definition) is 3. The van der Waals surface area contributed by atoms with Crippen LogP contribution < -0.4 is 0 Å². The van der Waals surface area contributed by atoms with Crippen LogP contribution >= 0.6 is 0 Å². The highest BCUT2D eigenvalue weighted by atomic mass is 15.0. The van der Waals surface area contributed by atoms with Gasteiger partial charge in [0.1, 0.15) is 0 Å². The SMILES string of the molecule is C1=Cc2c(c3ccccc3n2-c2cccc(-c3nc(-c4cccc(-n5c6ccccc6c6ccccc65)c4)nc(-c4cccc(-n5c6ccccc6c6ccccc65)c4)n3)c2)CC1. The van der Waals surface area contributed by atoms with Gasteiger partial charge in [0, 0.05) is 66.4 Å². The van der Waals surface area contributed by atoms with Crippen LogP contribution in [0.25, 0.3) is 112 Å². The fourth-order valence-electron chi connectivity index (χ4n) is 9.98. The predicted molar refractivity (Wildman–Crippen MR) is 259 cm³/mol. The molecule has 6 heteroatoms. The Morgan fingerprint density at radius 2 is 0.683 bits per heavy atom. The molecule has 4 aromatic heterocycles. The summed E-state index contributed by atoms with van der Waals surface area (Å²) in [5, 5.41) is 6.19. The van der Waals surface area contributed by atoms with E-state index < -0.39 is 0 Å². The summed E-state index contributed by atoms with van der Waals surface area (Å²) >= 11 is 0. The number of nitrogens with zero attached hydrogens (tertiary/aromatic N) is 6. The van der Waals surface area contributed by atoms with E-state index in [2.05, 4.69) is 220 Å². The third-order valence-electron chi connectivity index (χ3n) is 12.7. The van der Waals surface area contributed by atoms with Gasteiger partial charge in [-0.2, -0.15) is 0 Å². The molecule has 0 fully saturated rings. The number of aromatic nitrogens is 6. The number of para-hydroxylation sites is 5. The zero-order valence-electron chi connectivity index (χ0n) is 34.2. The zero-order chi connectivity index (χ0) is 41.4. The third-order valence-corrected chi connectivity index (χ3v) is 12.7. The summed E-state index contributed by atoms with van der Waals surface area (Å²) < 4.78 is 7.07. The van der Waals surface area contributed by atoms with E-state index in [0.717, 1.165) is 68.7 Å². The van der Waals surface area contributed by atoms with E-state index in [0.29, 0.717) is 17.5 Å². The van der Waals surface area contributed by atoms with Crippen LogP contribution in [-0.4, -0.2) is 28.7 Å². The number of hydrogen-bond donors (Lipinski definition) is 0. The lowest BCUT2D eigenvalue weighted by molar-refractivity contribution is 0.967. The maximum Gasteiger partial charge on any atom is 0.164 e. The molecule has 6 nitrogen and oxygen atoms in total. The molecule has 0 saturated heterocycles. The van der Waals surface area contributed by atoms with Gasteiger partial charge in [-0.05, 0) is 91.2 Å². The van der Waals surface area contributed by atoms with Crippen molar-refractivity contribution in [2.24, 2.45) is 0 Å². The van der Waals surface area contributed by atoms with Gasteiger partial charge in [-0.3, -0.25) is 0 Å². The van der Waals surface area contributed by atoms with E-state index >= 15 is 0 Å². The Labute approximate surface area is 363 Å². The molecule has 0 spiro atoms. The van der Waals surface area contributed by atoms with Gasteiger partial charge in [-0.1, -0.05) is 133 Å². The molecule has 1 aliphatic rings. The standard InChI is InChI=1S/C57H38N6/c1-7-28-49-43(22-1)44-23-2-8-29-50(44)61(49)40-19-13-16-37(34-40)55-58-56(38-17-14-20-41(35-38)62-51-30-9-3-24-45(51)46-25-4-10-31-52(46)62)60-57(59-55)39-18-15-21-42(36-39)63-53-32-11-5-26-47(53)48-27-6-12-33-54(48)63/h1-5,7-26,28-36H,6,27H2. The molecular weight excluding hydrogens is 769 g/mol. The molecule has 0 atom stereocenters. The van der Waals surface area contributed by atoms with E-state index in [9.17, 15) is 0 Å².